The fourth-order valence-electron chi connectivity index (χ4n) is 4.77. The number of likely N-dealkylation sites (N-methyl/N-ethyl adjacent to an activating group) is 1. The van der Waals surface area contributed by atoms with Gasteiger partial charge in [-0.2, -0.15) is 0 Å². The van der Waals surface area contributed by atoms with E-state index in [0.717, 1.165) is 34.1 Å². The molecule has 1 atom stereocenters. The minimum Gasteiger partial charge on any atom is -0.494 e. The molecule has 0 saturated heterocycles. The van der Waals surface area contributed by atoms with Crippen molar-refractivity contribution in [3.8, 4) is 5.75 Å². The summed E-state index contributed by atoms with van der Waals surface area (Å²) in [6, 6.07) is 24.1. The first-order chi connectivity index (χ1) is 21.6. The van der Waals surface area contributed by atoms with Gasteiger partial charge in [-0.1, -0.05) is 42.5 Å². The number of rotatable bonds is 14. The van der Waals surface area contributed by atoms with Crippen molar-refractivity contribution in [1.29, 1.82) is 0 Å². The molecular weight excluding hydrogens is 600 g/mol. The Bertz CT molecular complexity index is 1670. The van der Waals surface area contributed by atoms with Crippen LogP contribution < -0.4 is 14.4 Å². The predicted molar refractivity (Wildman–Crippen MR) is 168 cm³/mol. The third kappa shape index (κ3) is 8.66. The van der Waals surface area contributed by atoms with Gasteiger partial charge in [0.2, 0.25) is 11.8 Å². The Kier molecular flexibility index (Phi) is 11.3. The molecule has 0 heterocycles. The standard InChI is InChI=1S/C34H35F2N3O5S/c1-3-37-34(41)32(22-25-8-6-5-7-9-25)38(23-26-10-12-27(35)13-11-26)33(40)24-39(29-16-18-30(19-17-29)44-4-2)45(42,43)31-20-14-28(36)15-21-31/h5-21,32H,3-4,22-24H2,1-2H3,(H,37,41)/t32-/m1/s1. The molecule has 1 N–H and O–H groups in total. The molecule has 4 rings (SSSR count). The summed E-state index contributed by atoms with van der Waals surface area (Å²) >= 11 is 0. The lowest BCUT2D eigenvalue weighted by Crippen LogP contribution is -2.53. The molecule has 236 valence electrons. The molecule has 0 spiro atoms. The van der Waals surface area contributed by atoms with Gasteiger partial charge in [0.15, 0.2) is 0 Å². The molecule has 4 aromatic rings. The molecule has 4 aromatic carbocycles. The van der Waals surface area contributed by atoms with E-state index < -0.39 is 46.1 Å². The number of carbonyl (C=O) groups is 2. The Morgan fingerprint density at radius 1 is 0.800 bits per heavy atom. The zero-order valence-corrected chi connectivity index (χ0v) is 25.8. The molecule has 0 aliphatic heterocycles. The van der Waals surface area contributed by atoms with Gasteiger partial charge in [0.25, 0.3) is 10.0 Å². The number of sulfonamides is 1. The highest BCUT2D eigenvalue weighted by Gasteiger charge is 2.34. The summed E-state index contributed by atoms with van der Waals surface area (Å²) in [6.45, 7) is 3.50. The fourth-order valence-corrected chi connectivity index (χ4v) is 6.18. The summed E-state index contributed by atoms with van der Waals surface area (Å²) in [4.78, 5) is 28.9. The van der Waals surface area contributed by atoms with Crippen LogP contribution in [0.2, 0.25) is 0 Å². The first-order valence-electron chi connectivity index (χ1n) is 14.5. The summed E-state index contributed by atoms with van der Waals surface area (Å²) in [7, 11) is -4.39. The molecule has 0 aliphatic carbocycles. The largest absolute Gasteiger partial charge is 0.494 e. The van der Waals surface area contributed by atoms with Crippen LogP contribution >= 0.6 is 0 Å². The Balaban J connectivity index is 1.79. The van der Waals surface area contributed by atoms with Gasteiger partial charge in [0.05, 0.1) is 17.2 Å². The van der Waals surface area contributed by atoms with E-state index in [1.54, 1.807) is 19.1 Å². The average molecular weight is 636 g/mol. The zero-order valence-electron chi connectivity index (χ0n) is 25.0. The molecular formula is C34H35F2N3O5S. The number of benzene rings is 4. The van der Waals surface area contributed by atoms with Crippen LogP contribution in [-0.2, 0) is 32.6 Å². The van der Waals surface area contributed by atoms with Crippen LogP contribution in [0.3, 0.4) is 0 Å². The monoisotopic (exact) mass is 635 g/mol. The quantitative estimate of drug-likeness (QED) is 0.202. The minimum absolute atomic E-state index is 0.0958. The summed E-state index contributed by atoms with van der Waals surface area (Å²) in [5.74, 6) is -1.68. The number of nitrogens with one attached hydrogen (secondary N) is 1. The molecule has 0 aliphatic rings. The van der Waals surface area contributed by atoms with Crippen molar-refractivity contribution >= 4 is 27.5 Å². The van der Waals surface area contributed by atoms with Gasteiger partial charge < -0.3 is 15.0 Å². The molecule has 45 heavy (non-hydrogen) atoms. The summed E-state index contributed by atoms with van der Waals surface area (Å²) < 4.78 is 61.9. The van der Waals surface area contributed by atoms with Crippen molar-refractivity contribution < 1.29 is 31.5 Å². The van der Waals surface area contributed by atoms with E-state index in [4.69, 9.17) is 4.74 Å². The van der Waals surface area contributed by atoms with Gasteiger partial charge in [-0.05, 0) is 85.6 Å². The molecule has 0 fully saturated rings. The van der Waals surface area contributed by atoms with Gasteiger partial charge >= 0.3 is 0 Å². The van der Waals surface area contributed by atoms with Crippen molar-refractivity contribution in [3.63, 3.8) is 0 Å². The van der Waals surface area contributed by atoms with E-state index in [1.165, 1.54) is 41.3 Å². The maximum atomic E-state index is 14.3. The van der Waals surface area contributed by atoms with Crippen LogP contribution in [0.15, 0.2) is 108 Å². The highest BCUT2D eigenvalue weighted by molar-refractivity contribution is 7.92. The van der Waals surface area contributed by atoms with Crippen molar-refractivity contribution in [2.75, 3.05) is 24.0 Å². The lowest BCUT2D eigenvalue weighted by Gasteiger charge is -2.33. The number of amides is 2. The number of anilines is 1. The van der Waals surface area contributed by atoms with Crippen LogP contribution in [0, 0.1) is 11.6 Å². The minimum atomic E-state index is -4.39. The predicted octanol–water partition coefficient (Wildman–Crippen LogP) is 5.34. The van der Waals surface area contributed by atoms with Crippen molar-refractivity contribution in [1.82, 2.24) is 10.2 Å². The highest BCUT2D eigenvalue weighted by Crippen LogP contribution is 2.27. The smallest absolute Gasteiger partial charge is 0.264 e. The van der Waals surface area contributed by atoms with E-state index in [2.05, 4.69) is 5.32 Å². The van der Waals surface area contributed by atoms with E-state index in [9.17, 15) is 26.8 Å². The maximum absolute atomic E-state index is 14.3. The molecule has 0 radical (unpaired) electrons. The summed E-state index contributed by atoms with van der Waals surface area (Å²) in [6.07, 6.45) is 0.146. The molecule has 0 unspecified atom stereocenters. The third-order valence-electron chi connectivity index (χ3n) is 7.00. The van der Waals surface area contributed by atoms with E-state index in [0.29, 0.717) is 24.5 Å². The summed E-state index contributed by atoms with van der Waals surface area (Å²) in [5, 5.41) is 2.79. The number of nitrogens with zero attached hydrogens (tertiary/aromatic N) is 2. The van der Waals surface area contributed by atoms with Gasteiger partial charge in [0.1, 0.15) is 30.0 Å². The molecule has 11 heteroatoms. The van der Waals surface area contributed by atoms with Gasteiger partial charge in [0, 0.05) is 19.5 Å². The van der Waals surface area contributed by atoms with Crippen molar-refractivity contribution in [2.24, 2.45) is 0 Å². The normalized spacial score (nSPS) is 11.8. The SMILES string of the molecule is CCNC(=O)[C@@H](Cc1ccccc1)N(Cc1ccc(F)cc1)C(=O)CN(c1ccc(OCC)cc1)S(=O)(=O)c1ccc(F)cc1. The lowest BCUT2D eigenvalue weighted by molar-refractivity contribution is -0.140. The fraction of sp³-hybridized carbons (Fsp3) is 0.235. The number of hydrogen-bond acceptors (Lipinski definition) is 5. The number of hydrogen-bond donors (Lipinski definition) is 1. The van der Waals surface area contributed by atoms with Gasteiger partial charge in [-0.3, -0.25) is 13.9 Å². The Labute approximate surface area is 262 Å². The lowest BCUT2D eigenvalue weighted by atomic mass is 10.0. The molecule has 0 aromatic heterocycles. The van der Waals surface area contributed by atoms with Crippen molar-refractivity contribution in [3.05, 3.63) is 126 Å². The third-order valence-corrected chi connectivity index (χ3v) is 8.79. The van der Waals surface area contributed by atoms with Crippen molar-refractivity contribution in [2.45, 2.75) is 37.8 Å². The average Bonchev–Trinajstić information content (AvgIpc) is 3.03. The van der Waals surface area contributed by atoms with Crippen LogP contribution in [0.1, 0.15) is 25.0 Å². The van der Waals surface area contributed by atoms with Crippen LogP contribution in [0.4, 0.5) is 14.5 Å². The number of ether oxygens (including phenoxy) is 1. The maximum Gasteiger partial charge on any atom is 0.264 e. The van der Waals surface area contributed by atoms with Gasteiger partial charge in [-0.25, -0.2) is 17.2 Å². The first-order valence-corrected chi connectivity index (χ1v) is 15.9. The Morgan fingerprint density at radius 3 is 1.98 bits per heavy atom. The van der Waals surface area contributed by atoms with Crippen LogP contribution in [-0.4, -0.2) is 50.9 Å². The van der Waals surface area contributed by atoms with Crippen LogP contribution in [0.5, 0.6) is 5.75 Å². The molecule has 8 nitrogen and oxygen atoms in total. The number of halogens is 2. The second kappa shape index (κ2) is 15.3. The van der Waals surface area contributed by atoms with Crippen LogP contribution in [0.25, 0.3) is 0 Å². The van der Waals surface area contributed by atoms with E-state index in [1.807, 2.05) is 37.3 Å². The first kappa shape index (κ1) is 33.1. The second-order valence-electron chi connectivity index (χ2n) is 10.1. The second-order valence-corrected chi connectivity index (χ2v) is 12.0. The Hall–Kier alpha value is -4.77. The van der Waals surface area contributed by atoms with Gasteiger partial charge in [-0.15, -0.1) is 0 Å². The molecule has 0 bridgehead atoms. The zero-order chi connectivity index (χ0) is 32.4. The topological polar surface area (TPSA) is 96.0 Å². The Morgan fingerprint density at radius 2 is 1.40 bits per heavy atom. The highest BCUT2D eigenvalue weighted by atomic mass is 32.2. The molecule has 2 amide bonds. The summed E-state index contributed by atoms with van der Waals surface area (Å²) in [5.41, 5.74) is 1.49. The molecule has 0 saturated carbocycles. The van der Waals surface area contributed by atoms with E-state index >= 15 is 0 Å². The number of carbonyl (C=O) groups excluding carboxylic acids is 2. The van der Waals surface area contributed by atoms with E-state index in [-0.39, 0.29) is 23.5 Å².